The quantitative estimate of drug-likeness (QED) is 0.419. The number of aliphatic hydroxyl groups is 1. The number of thioether (sulfide) groups is 1. The number of carbonyl (C=O) groups is 2. The number of ether oxygens (including phenoxy) is 3. The molecule has 0 spiro atoms. The molecule has 1 aliphatic rings. The Labute approximate surface area is 207 Å². The summed E-state index contributed by atoms with van der Waals surface area (Å²) in [6.07, 6.45) is -3.28. The van der Waals surface area contributed by atoms with E-state index in [1.807, 2.05) is 0 Å². The first-order chi connectivity index (χ1) is 17.1. The summed E-state index contributed by atoms with van der Waals surface area (Å²) in [7, 11) is 2.44. The normalized spacial score (nSPS) is 16.4. The van der Waals surface area contributed by atoms with Crippen molar-refractivity contribution >= 4 is 34.9 Å². The molecule has 0 bridgehead atoms. The summed E-state index contributed by atoms with van der Waals surface area (Å²) in [5.74, 6) is -1.73. The van der Waals surface area contributed by atoms with Crippen LogP contribution in [0.3, 0.4) is 0 Å². The molecule has 13 heteroatoms. The van der Waals surface area contributed by atoms with Crippen LogP contribution < -0.4 is 14.8 Å². The van der Waals surface area contributed by atoms with Crippen molar-refractivity contribution in [2.24, 2.45) is 4.99 Å². The van der Waals surface area contributed by atoms with Crippen LogP contribution in [0, 0.1) is 11.3 Å². The number of nitriles is 1. The predicted molar refractivity (Wildman–Crippen MR) is 123 cm³/mol. The van der Waals surface area contributed by atoms with Crippen molar-refractivity contribution in [3.8, 4) is 23.3 Å². The number of esters is 1. The van der Waals surface area contributed by atoms with E-state index in [0.717, 1.165) is 24.9 Å². The van der Waals surface area contributed by atoms with E-state index in [4.69, 9.17) is 14.7 Å². The van der Waals surface area contributed by atoms with Gasteiger partial charge in [-0.25, -0.2) is 9.79 Å². The Bertz CT molecular complexity index is 1290. The molecule has 188 valence electrons. The van der Waals surface area contributed by atoms with Gasteiger partial charge in [-0.2, -0.15) is 18.4 Å². The summed E-state index contributed by atoms with van der Waals surface area (Å²) in [6.45, 7) is -0.612. The molecule has 1 heterocycles. The molecule has 1 aliphatic heterocycles. The van der Waals surface area contributed by atoms with Crippen molar-refractivity contribution in [1.82, 2.24) is 5.32 Å². The number of amidine groups is 1. The summed E-state index contributed by atoms with van der Waals surface area (Å²) in [5, 5.41) is 20.8. The number of halogens is 3. The minimum Gasteiger partial charge on any atom is -0.493 e. The Hall–Kier alpha value is -4.02. The Morgan fingerprint density at radius 2 is 1.94 bits per heavy atom. The Kier molecular flexibility index (Phi) is 8.23. The molecule has 3 rings (SSSR count). The highest BCUT2D eigenvalue weighted by molar-refractivity contribution is 8.18. The number of aliphatic hydroxyl groups excluding tert-OH is 1. The lowest BCUT2D eigenvalue weighted by molar-refractivity contribution is -0.143. The minimum atomic E-state index is -4.75. The molecule has 2 aromatic carbocycles. The number of methoxy groups -OCH3 is 2. The largest absolute Gasteiger partial charge is 0.493 e. The standard InChI is InChI=1S/C23H18F3N3O6S/c1-33-18-8-12(9-19-20(31)29-22(36-19)28-15(11-30)21(32)34-2)3-6-17(18)35-16-5-4-13(10-27)7-14(16)23(24,25)26/h3-9,15,30H,11H2,1-2H3,(H,28,29,31)/t15-/m0/s1. The lowest BCUT2D eigenvalue weighted by atomic mass is 10.1. The van der Waals surface area contributed by atoms with Gasteiger partial charge in [-0.15, -0.1) is 0 Å². The first-order valence-electron chi connectivity index (χ1n) is 10.0. The van der Waals surface area contributed by atoms with Crippen LogP contribution in [-0.2, 0) is 20.5 Å². The van der Waals surface area contributed by atoms with E-state index < -0.39 is 42.0 Å². The van der Waals surface area contributed by atoms with Gasteiger partial charge in [0.2, 0.25) is 0 Å². The molecule has 1 saturated heterocycles. The van der Waals surface area contributed by atoms with Gasteiger partial charge >= 0.3 is 12.1 Å². The topological polar surface area (TPSA) is 130 Å². The maximum atomic E-state index is 13.5. The number of aliphatic imine (C=N–C) groups is 1. The molecule has 0 radical (unpaired) electrons. The zero-order valence-corrected chi connectivity index (χ0v) is 19.6. The summed E-state index contributed by atoms with van der Waals surface area (Å²) in [5.41, 5.74) is -0.829. The van der Waals surface area contributed by atoms with Crippen LogP contribution in [-0.4, -0.2) is 49.0 Å². The highest BCUT2D eigenvalue weighted by atomic mass is 32.2. The van der Waals surface area contributed by atoms with Gasteiger partial charge in [-0.05, 0) is 53.7 Å². The smallest absolute Gasteiger partial charge is 0.420 e. The van der Waals surface area contributed by atoms with Gasteiger partial charge in [0.05, 0.1) is 42.9 Å². The second-order valence-corrected chi connectivity index (χ2v) is 8.08. The molecule has 0 saturated carbocycles. The van der Waals surface area contributed by atoms with Crippen molar-refractivity contribution in [3.05, 3.63) is 58.0 Å². The molecule has 0 aliphatic carbocycles. The molecule has 0 aromatic heterocycles. The molecule has 2 N–H and O–H groups in total. The minimum absolute atomic E-state index is 0.0236. The van der Waals surface area contributed by atoms with E-state index in [1.54, 1.807) is 6.07 Å². The average Bonchev–Trinajstić information content (AvgIpc) is 3.20. The van der Waals surface area contributed by atoms with Crippen LogP contribution >= 0.6 is 11.8 Å². The first kappa shape index (κ1) is 26.6. The monoisotopic (exact) mass is 521 g/mol. The van der Waals surface area contributed by atoms with Gasteiger partial charge in [-0.3, -0.25) is 4.79 Å². The van der Waals surface area contributed by atoms with Crippen LogP contribution in [0.15, 0.2) is 46.3 Å². The van der Waals surface area contributed by atoms with Crippen LogP contribution in [0.2, 0.25) is 0 Å². The van der Waals surface area contributed by atoms with E-state index in [2.05, 4.69) is 15.0 Å². The van der Waals surface area contributed by atoms with Crippen molar-refractivity contribution < 1.29 is 42.1 Å². The van der Waals surface area contributed by atoms with Crippen molar-refractivity contribution in [3.63, 3.8) is 0 Å². The molecule has 36 heavy (non-hydrogen) atoms. The summed E-state index contributed by atoms with van der Waals surface area (Å²) >= 11 is 0.922. The van der Waals surface area contributed by atoms with Gasteiger partial charge in [0.1, 0.15) is 5.75 Å². The van der Waals surface area contributed by atoms with E-state index in [-0.39, 0.29) is 27.1 Å². The van der Waals surface area contributed by atoms with Crippen molar-refractivity contribution in [2.45, 2.75) is 12.2 Å². The summed E-state index contributed by atoms with van der Waals surface area (Å²) < 4.78 is 55.6. The number of nitrogens with zero attached hydrogens (tertiary/aromatic N) is 2. The van der Waals surface area contributed by atoms with E-state index in [1.165, 1.54) is 37.5 Å². The van der Waals surface area contributed by atoms with Gasteiger partial charge in [0, 0.05) is 0 Å². The molecule has 1 atom stereocenters. The zero-order chi connectivity index (χ0) is 26.5. The Balaban J connectivity index is 1.87. The van der Waals surface area contributed by atoms with Gasteiger partial charge in [0.25, 0.3) is 5.91 Å². The van der Waals surface area contributed by atoms with E-state index in [9.17, 15) is 27.9 Å². The number of hydrogen-bond acceptors (Lipinski definition) is 9. The molecule has 2 aromatic rings. The van der Waals surface area contributed by atoms with Crippen LogP contribution in [0.25, 0.3) is 6.08 Å². The maximum Gasteiger partial charge on any atom is 0.420 e. The molecule has 0 unspecified atom stereocenters. The molecule has 9 nitrogen and oxygen atoms in total. The SMILES string of the molecule is COC(=O)[C@H](CO)N=C1NC(=O)C(=Cc2ccc(Oc3ccc(C#N)cc3C(F)(F)F)c(OC)c2)S1. The predicted octanol–water partition coefficient (Wildman–Crippen LogP) is 3.47. The van der Waals surface area contributed by atoms with E-state index >= 15 is 0 Å². The zero-order valence-electron chi connectivity index (χ0n) is 18.8. The van der Waals surface area contributed by atoms with Crippen molar-refractivity contribution in [1.29, 1.82) is 5.26 Å². The fourth-order valence-corrected chi connectivity index (χ4v) is 3.84. The molecule has 1 amide bonds. The number of nitrogens with one attached hydrogen (secondary N) is 1. The number of benzene rings is 2. The maximum absolute atomic E-state index is 13.5. The van der Waals surface area contributed by atoms with Crippen LogP contribution in [0.5, 0.6) is 17.2 Å². The average molecular weight is 521 g/mol. The third-order valence-corrected chi connectivity index (χ3v) is 5.61. The van der Waals surface area contributed by atoms with Crippen LogP contribution in [0.4, 0.5) is 13.2 Å². The summed E-state index contributed by atoms with van der Waals surface area (Å²) in [6, 6.07) is 7.72. The Morgan fingerprint density at radius 3 is 2.56 bits per heavy atom. The molecular weight excluding hydrogens is 503 g/mol. The first-order valence-corrected chi connectivity index (χ1v) is 10.9. The molecular formula is C23H18F3N3O6S. The van der Waals surface area contributed by atoms with E-state index in [0.29, 0.717) is 11.6 Å². The number of alkyl halides is 3. The van der Waals surface area contributed by atoms with Gasteiger partial charge in [0.15, 0.2) is 22.7 Å². The highest BCUT2D eigenvalue weighted by Gasteiger charge is 2.35. The van der Waals surface area contributed by atoms with Gasteiger partial charge < -0.3 is 24.6 Å². The highest BCUT2D eigenvalue weighted by Crippen LogP contribution is 2.41. The second kappa shape index (κ2) is 11.1. The van der Waals surface area contributed by atoms with Crippen molar-refractivity contribution in [2.75, 3.05) is 20.8 Å². The number of rotatable bonds is 7. The number of carbonyl (C=O) groups excluding carboxylic acids is 2. The third-order valence-electron chi connectivity index (χ3n) is 4.69. The lowest BCUT2D eigenvalue weighted by Gasteiger charge is -2.16. The second-order valence-electron chi connectivity index (χ2n) is 7.05. The third kappa shape index (κ3) is 6.15. The lowest BCUT2D eigenvalue weighted by Crippen LogP contribution is -2.28. The van der Waals surface area contributed by atoms with Gasteiger partial charge in [-0.1, -0.05) is 6.07 Å². The fourth-order valence-electron chi connectivity index (χ4n) is 2.97. The summed E-state index contributed by atoms with van der Waals surface area (Å²) in [4.78, 5) is 28.1. The fraction of sp³-hybridized carbons (Fsp3) is 0.217. The number of amides is 1. The number of hydrogen-bond donors (Lipinski definition) is 2. The molecule has 1 fully saturated rings. The van der Waals surface area contributed by atoms with Crippen LogP contribution in [0.1, 0.15) is 16.7 Å². The Morgan fingerprint density at radius 1 is 1.22 bits per heavy atom.